The first-order valence-electron chi connectivity index (χ1n) is 11.1. The second-order valence-electron chi connectivity index (χ2n) is 9.08. The number of aryl methyl sites for hydroxylation is 2. The molecule has 0 atom stereocenters. The van der Waals surface area contributed by atoms with Crippen LogP contribution in [0.5, 0.6) is 0 Å². The number of carbonyl (C=O) groups excluding carboxylic acids is 1. The highest BCUT2D eigenvalue weighted by atomic mass is 19.1. The lowest BCUT2D eigenvalue weighted by molar-refractivity contribution is -0.137. The predicted molar refractivity (Wildman–Crippen MR) is 122 cm³/mol. The van der Waals surface area contributed by atoms with Crippen molar-refractivity contribution in [2.75, 3.05) is 24.5 Å². The van der Waals surface area contributed by atoms with Crippen LogP contribution in [-0.2, 0) is 11.3 Å². The number of rotatable bonds is 6. The van der Waals surface area contributed by atoms with Gasteiger partial charge in [0, 0.05) is 32.1 Å². The SMILES string of the molecule is Cc1ccc(CN(CC(C)C)C(=O)C2CCN(c3ccc(F)cc3C#N)CC2)c(C)c1. The van der Waals surface area contributed by atoms with Crippen LogP contribution in [0.25, 0.3) is 0 Å². The zero-order valence-corrected chi connectivity index (χ0v) is 19.0. The average Bonchev–Trinajstić information content (AvgIpc) is 2.74. The Hall–Kier alpha value is -2.87. The van der Waals surface area contributed by atoms with Crippen LogP contribution in [0.4, 0.5) is 10.1 Å². The highest BCUT2D eigenvalue weighted by Crippen LogP contribution is 2.28. The van der Waals surface area contributed by atoms with E-state index in [9.17, 15) is 14.4 Å². The molecule has 0 radical (unpaired) electrons. The molecule has 0 bridgehead atoms. The van der Waals surface area contributed by atoms with Gasteiger partial charge in [0.25, 0.3) is 0 Å². The Morgan fingerprint density at radius 3 is 2.52 bits per heavy atom. The fraction of sp³-hybridized carbons (Fsp3) is 0.462. The van der Waals surface area contributed by atoms with Crippen molar-refractivity contribution in [2.45, 2.75) is 47.1 Å². The number of hydrogen-bond donors (Lipinski definition) is 0. The molecule has 1 fully saturated rings. The molecule has 0 unspecified atom stereocenters. The number of halogens is 1. The minimum Gasteiger partial charge on any atom is -0.370 e. The molecule has 1 aliphatic heterocycles. The number of amides is 1. The van der Waals surface area contributed by atoms with Crippen LogP contribution in [-0.4, -0.2) is 30.4 Å². The summed E-state index contributed by atoms with van der Waals surface area (Å²) in [5.74, 6) is 0.188. The number of hydrogen-bond acceptors (Lipinski definition) is 3. The normalized spacial score (nSPS) is 14.5. The molecular formula is C26H32FN3O. The molecule has 31 heavy (non-hydrogen) atoms. The third kappa shape index (κ3) is 5.64. The van der Waals surface area contributed by atoms with Crippen LogP contribution >= 0.6 is 0 Å². The fourth-order valence-electron chi connectivity index (χ4n) is 4.40. The molecule has 2 aromatic carbocycles. The summed E-state index contributed by atoms with van der Waals surface area (Å²) in [7, 11) is 0. The van der Waals surface area contributed by atoms with Crippen LogP contribution in [0.1, 0.15) is 48.9 Å². The standard InChI is InChI=1S/C26H32FN3O/c1-18(2)16-30(17-22-6-5-19(3)13-20(22)4)26(31)21-9-11-29(12-10-21)25-8-7-24(27)14-23(25)15-28/h5-8,13-14,18,21H,9-12,16-17H2,1-4H3. The van der Waals surface area contributed by atoms with E-state index in [0.717, 1.165) is 25.1 Å². The lowest BCUT2D eigenvalue weighted by Gasteiger charge is -2.36. The van der Waals surface area contributed by atoms with Crippen molar-refractivity contribution < 1.29 is 9.18 Å². The smallest absolute Gasteiger partial charge is 0.226 e. The van der Waals surface area contributed by atoms with Crippen molar-refractivity contribution in [3.05, 3.63) is 64.5 Å². The van der Waals surface area contributed by atoms with Gasteiger partial charge in [-0.15, -0.1) is 0 Å². The highest BCUT2D eigenvalue weighted by Gasteiger charge is 2.30. The Kier molecular flexibility index (Phi) is 7.33. The van der Waals surface area contributed by atoms with E-state index in [1.165, 1.54) is 28.8 Å². The molecule has 1 aliphatic rings. The maximum Gasteiger partial charge on any atom is 0.226 e. The van der Waals surface area contributed by atoms with E-state index >= 15 is 0 Å². The summed E-state index contributed by atoms with van der Waals surface area (Å²) in [5, 5.41) is 9.35. The lowest BCUT2D eigenvalue weighted by Crippen LogP contribution is -2.43. The second kappa shape index (κ2) is 9.96. The van der Waals surface area contributed by atoms with Crippen LogP contribution in [0.15, 0.2) is 36.4 Å². The van der Waals surface area contributed by atoms with Gasteiger partial charge in [-0.05, 0) is 61.9 Å². The van der Waals surface area contributed by atoms with Gasteiger partial charge < -0.3 is 9.80 Å². The zero-order chi connectivity index (χ0) is 22.5. The second-order valence-corrected chi connectivity index (χ2v) is 9.08. The summed E-state index contributed by atoms with van der Waals surface area (Å²) < 4.78 is 13.5. The number of nitrogens with zero attached hydrogens (tertiary/aromatic N) is 3. The molecule has 4 nitrogen and oxygen atoms in total. The van der Waals surface area contributed by atoms with Crippen LogP contribution in [0.3, 0.4) is 0 Å². The first kappa shape index (κ1) is 22.8. The Labute approximate surface area is 185 Å². The average molecular weight is 422 g/mol. The molecule has 5 heteroatoms. The largest absolute Gasteiger partial charge is 0.370 e. The Balaban J connectivity index is 1.70. The van der Waals surface area contributed by atoms with E-state index < -0.39 is 5.82 Å². The van der Waals surface area contributed by atoms with Gasteiger partial charge >= 0.3 is 0 Å². The molecule has 1 heterocycles. The van der Waals surface area contributed by atoms with Crippen molar-refractivity contribution in [3.63, 3.8) is 0 Å². The molecule has 1 amide bonds. The monoisotopic (exact) mass is 421 g/mol. The molecule has 164 valence electrons. The van der Waals surface area contributed by atoms with Gasteiger partial charge in [0.05, 0.1) is 11.3 Å². The number of nitriles is 1. The Morgan fingerprint density at radius 1 is 1.19 bits per heavy atom. The van der Waals surface area contributed by atoms with Crippen LogP contribution in [0, 0.1) is 42.8 Å². The summed E-state index contributed by atoms with van der Waals surface area (Å²) in [5.41, 5.74) is 4.75. The van der Waals surface area contributed by atoms with Crippen molar-refractivity contribution in [2.24, 2.45) is 11.8 Å². The first-order valence-corrected chi connectivity index (χ1v) is 11.1. The van der Waals surface area contributed by atoms with E-state index in [1.807, 2.05) is 4.90 Å². The Morgan fingerprint density at radius 2 is 1.90 bits per heavy atom. The van der Waals surface area contributed by atoms with Crippen molar-refractivity contribution in [1.82, 2.24) is 4.90 Å². The maximum atomic E-state index is 13.5. The van der Waals surface area contributed by atoms with E-state index in [4.69, 9.17) is 0 Å². The van der Waals surface area contributed by atoms with E-state index in [1.54, 1.807) is 6.07 Å². The quantitative estimate of drug-likeness (QED) is 0.643. The molecule has 0 aliphatic carbocycles. The van der Waals surface area contributed by atoms with E-state index in [0.29, 0.717) is 31.1 Å². The summed E-state index contributed by atoms with van der Waals surface area (Å²) >= 11 is 0. The molecule has 1 saturated heterocycles. The molecule has 0 aromatic heterocycles. The summed E-state index contributed by atoms with van der Waals surface area (Å²) in [6, 6.07) is 12.8. The van der Waals surface area contributed by atoms with Gasteiger partial charge in [0.2, 0.25) is 5.91 Å². The van der Waals surface area contributed by atoms with Gasteiger partial charge in [-0.25, -0.2) is 4.39 Å². The number of anilines is 1. The fourth-order valence-corrected chi connectivity index (χ4v) is 4.40. The van der Waals surface area contributed by atoms with Gasteiger partial charge in [-0.3, -0.25) is 4.79 Å². The predicted octanol–water partition coefficient (Wildman–Crippen LogP) is 5.22. The number of carbonyl (C=O) groups is 1. The van der Waals surface area contributed by atoms with Gasteiger partial charge in [-0.2, -0.15) is 5.26 Å². The van der Waals surface area contributed by atoms with Crippen LogP contribution in [0.2, 0.25) is 0 Å². The minimum atomic E-state index is -0.402. The molecule has 3 rings (SSSR count). The molecular weight excluding hydrogens is 389 g/mol. The third-order valence-corrected chi connectivity index (χ3v) is 6.02. The summed E-state index contributed by atoms with van der Waals surface area (Å²) in [6.07, 6.45) is 1.48. The minimum absolute atomic E-state index is 0.0215. The molecule has 0 spiro atoms. The van der Waals surface area contributed by atoms with Gasteiger partial charge in [-0.1, -0.05) is 37.6 Å². The van der Waals surface area contributed by atoms with Crippen molar-refractivity contribution >= 4 is 11.6 Å². The Bertz CT molecular complexity index is 971. The van der Waals surface area contributed by atoms with E-state index in [2.05, 4.69) is 56.9 Å². The molecule has 2 aromatic rings. The number of piperidine rings is 1. The van der Waals surface area contributed by atoms with Gasteiger partial charge in [0.1, 0.15) is 11.9 Å². The highest BCUT2D eigenvalue weighted by molar-refractivity contribution is 5.79. The van der Waals surface area contributed by atoms with Crippen molar-refractivity contribution in [3.8, 4) is 6.07 Å². The summed E-state index contributed by atoms with van der Waals surface area (Å²) in [4.78, 5) is 17.5. The van der Waals surface area contributed by atoms with Crippen molar-refractivity contribution in [1.29, 1.82) is 5.26 Å². The first-order chi connectivity index (χ1) is 14.8. The van der Waals surface area contributed by atoms with E-state index in [-0.39, 0.29) is 11.8 Å². The number of benzene rings is 2. The topological polar surface area (TPSA) is 47.3 Å². The van der Waals surface area contributed by atoms with Crippen LogP contribution < -0.4 is 4.90 Å². The van der Waals surface area contributed by atoms with Gasteiger partial charge in [0.15, 0.2) is 0 Å². The molecule has 0 saturated carbocycles. The maximum absolute atomic E-state index is 13.5. The summed E-state index contributed by atoms with van der Waals surface area (Å²) in [6.45, 7) is 11.2. The lowest BCUT2D eigenvalue weighted by atomic mass is 9.93. The third-order valence-electron chi connectivity index (χ3n) is 6.02. The molecule has 0 N–H and O–H groups in total. The zero-order valence-electron chi connectivity index (χ0n) is 19.0.